The van der Waals surface area contributed by atoms with Crippen molar-refractivity contribution in [2.24, 2.45) is 5.73 Å². The second kappa shape index (κ2) is 10.3. The summed E-state index contributed by atoms with van der Waals surface area (Å²) in [5.74, 6) is -2.02. The standard InChI is InChI=1S/C20H16BrCl3F3NO/c21-15-8-11(3-5-13(15)18(29)2-1-7-28)4-6-14(20(25,26)27)12-9-16(22)19(24)17(23)10-12/h3-6,8-10,14H,1-2,7,28H2/b6-4+. The number of halogens is 7. The number of benzene rings is 2. The Balaban J connectivity index is 2.33. The maximum Gasteiger partial charge on any atom is 0.399 e. The summed E-state index contributed by atoms with van der Waals surface area (Å²) < 4.78 is 41.3. The average Bonchev–Trinajstić information content (AvgIpc) is 2.63. The van der Waals surface area contributed by atoms with Crippen LogP contribution in [0.2, 0.25) is 15.1 Å². The fourth-order valence-corrected chi connectivity index (χ4v) is 3.86. The fourth-order valence-electron chi connectivity index (χ4n) is 2.63. The SMILES string of the molecule is NCCCC(=O)c1ccc(/C=C/C(c2cc(Cl)c(Cl)c(Cl)c2)C(F)(F)F)cc1Br. The lowest BCUT2D eigenvalue weighted by Gasteiger charge is -2.18. The normalized spacial score (nSPS) is 13.1. The van der Waals surface area contributed by atoms with Crippen molar-refractivity contribution in [2.75, 3.05) is 6.54 Å². The zero-order valence-corrected chi connectivity index (χ0v) is 18.7. The molecule has 29 heavy (non-hydrogen) atoms. The maximum absolute atomic E-state index is 13.6. The van der Waals surface area contributed by atoms with Gasteiger partial charge in [0.15, 0.2) is 5.78 Å². The molecule has 0 spiro atoms. The van der Waals surface area contributed by atoms with Gasteiger partial charge in [0, 0.05) is 16.5 Å². The minimum atomic E-state index is -4.56. The van der Waals surface area contributed by atoms with Crippen LogP contribution >= 0.6 is 50.7 Å². The van der Waals surface area contributed by atoms with E-state index in [-0.39, 0.29) is 26.4 Å². The monoisotopic (exact) mass is 527 g/mol. The predicted octanol–water partition coefficient (Wildman–Crippen LogP) is 7.69. The Morgan fingerprint density at radius 2 is 1.76 bits per heavy atom. The number of hydrogen-bond donors (Lipinski definition) is 1. The van der Waals surface area contributed by atoms with Crippen molar-refractivity contribution in [3.8, 4) is 0 Å². The Morgan fingerprint density at radius 3 is 2.28 bits per heavy atom. The number of carbonyl (C=O) groups excluding carboxylic acids is 1. The Kier molecular flexibility index (Phi) is 8.61. The van der Waals surface area contributed by atoms with E-state index in [0.717, 1.165) is 18.2 Å². The first-order chi connectivity index (χ1) is 13.5. The van der Waals surface area contributed by atoms with Crippen LogP contribution in [0, 0.1) is 0 Å². The lowest BCUT2D eigenvalue weighted by molar-refractivity contribution is -0.139. The number of nitrogens with two attached hydrogens (primary N) is 1. The molecule has 0 saturated carbocycles. The number of alkyl halides is 3. The highest BCUT2D eigenvalue weighted by atomic mass is 79.9. The van der Waals surface area contributed by atoms with Gasteiger partial charge in [0.05, 0.1) is 21.0 Å². The summed E-state index contributed by atoms with van der Waals surface area (Å²) in [5.41, 5.74) is 6.23. The van der Waals surface area contributed by atoms with Gasteiger partial charge >= 0.3 is 6.18 Å². The Hall–Kier alpha value is -1.05. The number of Topliss-reactive ketones (excluding diaryl/α,β-unsaturated/α-hetero) is 1. The van der Waals surface area contributed by atoms with Crippen molar-refractivity contribution in [1.82, 2.24) is 0 Å². The quantitative estimate of drug-likeness (QED) is 0.295. The molecule has 0 fully saturated rings. The molecule has 156 valence electrons. The molecule has 0 aliphatic rings. The fraction of sp³-hybridized carbons (Fsp3) is 0.250. The number of ketones is 1. The van der Waals surface area contributed by atoms with Crippen molar-refractivity contribution in [3.05, 3.63) is 72.6 Å². The molecule has 0 saturated heterocycles. The van der Waals surface area contributed by atoms with Crippen molar-refractivity contribution < 1.29 is 18.0 Å². The predicted molar refractivity (Wildman–Crippen MR) is 116 cm³/mol. The molecular formula is C20H16BrCl3F3NO. The molecule has 0 aromatic heterocycles. The van der Waals surface area contributed by atoms with Crippen molar-refractivity contribution >= 4 is 62.6 Å². The second-order valence-electron chi connectivity index (χ2n) is 6.23. The number of carbonyl (C=O) groups is 1. The van der Waals surface area contributed by atoms with Crippen molar-refractivity contribution in [2.45, 2.75) is 24.9 Å². The molecular weight excluding hydrogens is 513 g/mol. The molecule has 0 amide bonds. The number of allylic oxidation sites excluding steroid dienone is 1. The lowest BCUT2D eigenvalue weighted by atomic mass is 9.96. The van der Waals surface area contributed by atoms with Crippen LogP contribution < -0.4 is 5.73 Å². The maximum atomic E-state index is 13.6. The van der Waals surface area contributed by atoms with Gasteiger partial charge in [-0.3, -0.25) is 4.79 Å². The highest BCUT2D eigenvalue weighted by Gasteiger charge is 2.39. The summed E-state index contributed by atoms with van der Waals surface area (Å²) in [6, 6.07) is 7.02. The van der Waals surface area contributed by atoms with E-state index >= 15 is 0 Å². The van der Waals surface area contributed by atoms with Crippen LogP contribution in [0.3, 0.4) is 0 Å². The second-order valence-corrected chi connectivity index (χ2v) is 8.28. The van der Waals surface area contributed by atoms with Gasteiger partial charge in [-0.05, 0) is 48.4 Å². The van der Waals surface area contributed by atoms with Gasteiger partial charge in [0.2, 0.25) is 0 Å². The highest BCUT2D eigenvalue weighted by molar-refractivity contribution is 9.10. The van der Waals surface area contributed by atoms with Crippen LogP contribution in [0.15, 0.2) is 40.9 Å². The minimum absolute atomic E-state index is 0.000749. The van der Waals surface area contributed by atoms with Gasteiger partial charge in [0.1, 0.15) is 0 Å². The average molecular weight is 530 g/mol. The summed E-state index contributed by atoms with van der Waals surface area (Å²) in [4.78, 5) is 12.1. The van der Waals surface area contributed by atoms with Crippen LogP contribution in [0.25, 0.3) is 6.08 Å². The molecule has 2 aromatic carbocycles. The van der Waals surface area contributed by atoms with E-state index < -0.39 is 12.1 Å². The summed E-state index contributed by atoms with van der Waals surface area (Å²) >= 11 is 20.9. The van der Waals surface area contributed by atoms with E-state index in [1.807, 2.05) is 0 Å². The summed E-state index contributed by atoms with van der Waals surface area (Å²) in [6.07, 6.45) is -1.36. The van der Waals surface area contributed by atoms with Gasteiger partial charge in [0.25, 0.3) is 0 Å². The van der Waals surface area contributed by atoms with Crippen LogP contribution in [0.4, 0.5) is 13.2 Å². The first kappa shape index (κ1) is 24.2. The molecule has 9 heteroatoms. The zero-order valence-electron chi connectivity index (χ0n) is 14.9. The summed E-state index contributed by atoms with van der Waals surface area (Å²) in [6.45, 7) is 0.405. The van der Waals surface area contributed by atoms with E-state index in [1.54, 1.807) is 18.2 Å². The van der Waals surface area contributed by atoms with Crippen LogP contribution in [0.1, 0.15) is 40.2 Å². The van der Waals surface area contributed by atoms with Crippen molar-refractivity contribution in [1.29, 1.82) is 0 Å². The molecule has 1 atom stereocenters. The molecule has 0 bridgehead atoms. The molecule has 2 aromatic rings. The van der Waals surface area contributed by atoms with E-state index in [0.29, 0.717) is 35.0 Å². The molecule has 1 unspecified atom stereocenters. The van der Waals surface area contributed by atoms with E-state index in [2.05, 4.69) is 15.9 Å². The van der Waals surface area contributed by atoms with Gasteiger partial charge in [-0.15, -0.1) is 0 Å². The third-order valence-electron chi connectivity index (χ3n) is 4.10. The molecule has 0 aliphatic carbocycles. The lowest BCUT2D eigenvalue weighted by Crippen LogP contribution is -2.19. The van der Waals surface area contributed by atoms with Crippen molar-refractivity contribution in [3.63, 3.8) is 0 Å². The molecule has 0 aliphatic heterocycles. The smallest absolute Gasteiger partial charge is 0.330 e. The molecule has 0 radical (unpaired) electrons. The minimum Gasteiger partial charge on any atom is -0.330 e. The first-order valence-corrected chi connectivity index (χ1v) is 10.4. The molecule has 2 nitrogen and oxygen atoms in total. The van der Waals surface area contributed by atoms with Gasteiger partial charge in [-0.1, -0.05) is 69.0 Å². The summed E-state index contributed by atoms with van der Waals surface area (Å²) in [7, 11) is 0. The first-order valence-electron chi connectivity index (χ1n) is 8.46. The van der Waals surface area contributed by atoms with Gasteiger partial charge in [-0.2, -0.15) is 13.2 Å². The van der Waals surface area contributed by atoms with E-state index in [4.69, 9.17) is 40.5 Å². The number of rotatable bonds is 7. The topological polar surface area (TPSA) is 43.1 Å². The number of hydrogen-bond acceptors (Lipinski definition) is 2. The third-order valence-corrected chi connectivity index (χ3v) is 5.95. The van der Waals surface area contributed by atoms with E-state index in [1.165, 1.54) is 6.08 Å². The van der Waals surface area contributed by atoms with Gasteiger partial charge in [-0.25, -0.2) is 0 Å². The van der Waals surface area contributed by atoms with Crippen LogP contribution in [-0.2, 0) is 0 Å². The molecule has 2 N–H and O–H groups in total. The summed E-state index contributed by atoms with van der Waals surface area (Å²) in [5, 5.41) is -0.111. The molecule has 2 rings (SSSR count). The van der Waals surface area contributed by atoms with Crippen LogP contribution in [0.5, 0.6) is 0 Å². The Bertz CT molecular complexity index is 909. The zero-order chi connectivity index (χ0) is 21.8. The Labute approximate surface area is 189 Å². The Morgan fingerprint density at radius 1 is 1.14 bits per heavy atom. The molecule has 0 heterocycles. The van der Waals surface area contributed by atoms with E-state index in [9.17, 15) is 18.0 Å². The van der Waals surface area contributed by atoms with Gasteiger partial charge < -0.3 is 5.73 Å². The highest BCUT2D eigenvalue weighted by Crippen LogP contribution is 2.41. The third kappa shape index (κ3) is 6.46. The largest absolute Gasteiger partial charge is 0.399 e. The van der Waals surface area contributed by atoms with Crippen LogP contribution in [-0.4, -0.2) is 18.5 Å².